The van der Waals surface area contributed by atoms with Crippen molar-refractivity contribution in [3.8, 4) is 5.75 Å². The predicted octanol–water partition coefficient (Wildman–Crippen LogP) is 2.38. The normalized spacial score (nSPS) is 9.83. The molecule has 0 spiro atoms. The molecule has 0 aliphatic carbocycles. The van der Waals surface area contributed by atoms with E-state index in [-0.39, 0.29) is 6.61 Å². The van der Waals surface area contributed by atoms with Crippen LogP contribution in [0.25, 0.3) is 0 Å². The van der Waals surface area contributed by atoms with Gasteiger partial charge >= 0.3 is 0 Å². The number of benzene rings is 1. The molecule has 0 aromatic heterocycles. The van der Waals surface area contributed by atoms with Gasteiger partial charge in [0.15, 0.2) is 5.75 Å². The number of alkyl halides is 1. The van der Waals surface area contributed by atoms with Crippen LogP contribution < -0.4 is 10.5 Å². The minimum absolute atomic E-state index is 0.0345. The van der Waals surface area contributed by atoms with E-state index < -0.39 is 6.67 Å². The van der Waals surface area contributed by atoms with E-state index in [1.54, 1.807) is 18.2 Å². The summed E-state index contributed by atoms with van der Waals surface area (Å²) in [5.74, 6) is 0.509. The maximum atomic E-state index is 11.8. The van der Waals surface area contributed by atoms with Gasteiger partial charge in [-0.05, 0) is 28.1 Å². The number of para-hydroxylation sites is 1. The monoisotopic (exact) mass is 233 g/mol. The van der Waals surface area contributed by atoms with Gasteiger partial charge in [0, 0.05) is 0 Å². The first-order chi connectivity index (χ1) is 5.75. The van der Waals surface area contributed by atoms with Crippen LogP contribution in [0.4, 0.5) is 10.1 Å². The van der Waals surface area contributed by atoms with Gasteiger partial charge < -0.3 is 10.5 Å². The van der Waals surface area contributed by atoms with E-state index in [2.05, 4.69) is 15.9 Å². The Labute approximate surface area is 78.6 Å². The number of hydrogen-bond acceptors (Lipinski definition) is 2. The Hall–Kier alpha value is -0.770. The quantitative estimate of drug-likeness (QED) is 0.815. The van der Waals surface area contributed by atoms with Crippen molar-refractivity contribution in [2.75, 3.05) is 19.0 Å². The van der Waals surface area contributed by atoms with Crippen LogP contribution in [0, 0.1) is 0 Å². The summed E-state index contributed by atoms with van der Waals surface area (Å²) in [4.78, 5) is 0. The van der Waals surface area contributed by atoms with Crippen molar-refractivity contribution < 1.29 is 9.13 Å². The summed E-state index contributed by atoms with van der Waals surface area (Å²) >= 11 is 3.25. The molecule has 0 saturated heterocycles. The summed E-state index contributed by atoms with van der Waals surface area (Å²) in [6.07, 6.45) is 0. The van der Waals surface area contributed by atoms with Gasteiger partial charge in [-0.25, -0.2) is 4.39 Å². The predicted molar refractivity (Wildman–Crippen MR) is 50.0 cm³/mol. The molecule has 66 valence electrons. The molecular formula is C8H9BrFNO. The number of halogens is 2. The summed E-state index contributed by atoms with van der Waals surface area (Å²) < 4.78 is 17.6. The topological polar surface area (TPSA) is 35.2 Å². The molecule has 0 atom stereocenters. The second-order valence-corrected chi connectivity index (χ2v) is 3.05. The largest absolute Gasteiger partial charge is 0.488 e. The van der Waals surface area contributed by atoms with Crippen molar-refractivity contribution in [2.45, 2.75) is 0 Å². The highest BCUT2D eigenvalue weighted by Crippen LogP contribution is 2.30. The average Bonchev–Trinajstić information content (AvgIpc) is 2.04. The minimum Gasteiger partial charge on any atom is -0.488 e. The average molecular weight is 234 g/mol. The molecule has 0 heterocycles. The highest BCUT2D eigenvalue weighted by atomic mass is 79.9. The zero-order chi connectivity index (χ0) is 8.97. The highest BCUT2D eigenvalue weighted by molar-refractivity contribution is 9.10. The summed E-state index contributed by atoms with van der Waals surface area (Å²) in [5, 5.41) is 0. The van der Waals surface area contributed by atoms with Crippen molar-refractivity contribution in [1.29, 1.82) is 0 Å². The molecule has 1 aromatic rings. The van der Waals surface area contributed by atoms with Gasteiger partial charge in [0.05, 0.1) is 10.2 Å². The Balaban J connectivity index is 2.81. The molecule has 0 saturated carbocycles. The van der Waals surface area contributed by atoms with Gasteiger partial charge in [-0.15, -0.1) is 0 Å². The van der Waals surface area contributed by atoms with Crippen molar-refractivity contribution >= 4 is 21.6 Å². The molecule has 0 bridgehead atoms. The molecule has 2 nitrogen and oxygen atoms in total. The van der Waals surface area contributed by atoms with Crippen molar-refractivity contribution in [3.63, 3.8) is 0 Å². The Kier molecular flexibility index (Phi) is 3.34. The lowest BCUT2D eigenvalue weighted by Crippen LogP contribution is -2.01. The highest BCUT2D eigenvalue weighted by Gasteiger charge is 2.03. The lowest BCUT2D eigenvalue weighted by atomic mass is 10.3. The summed E-state index contributed by atoms with van der Waals surface area (Å²) in [6.45, 7) is -0.479. The summed E-state index contributed by atoms with van der Waals surface area (Å²) in [6, 6.07) is 5.30. The standard InChI is InChI=1S/C8H9BrFNO/c9-6-2-1-3-7(11)8(6)12-5-4-10/h1-3H,4-5,11H2. The van der Waals surface area contributed by atoms with E-state index in [9.17, 15) is 4.39 Å². The number of rotatable bonds is 3. The maximum absolute atomic E-state index is 11.8. The smallest absolute Gasteiger partial charge is 0.156 e. The first-order valence-electron chi connectivity index (χ1n) is 3.48. The van der Waals surface area contributed by atoms with Crippen LogP contribution in [0.5, 0.6) is 5.75 Å². The van der Waals surface area contributed by atoms with Crippen LogP contribution in [0.1, 0.15) is 0 Å². The van der Waals surface area contributed by atoms with Gasteiger partial charge in [-0.3, -0.25) is 0 Å². The molecule has 12 heavy (non-hydrogen) atoms. The van der Waals surface area contributed by atoms with Crippen molar-refractivity contribution in [3.05, 3.63) is 22.7 Å². The third-order valence-corrected chi connectivity index (χ3v) is 1.95. The van der Waals surface area contributed by atoms with Crippen LogP contribution in [0.15, 0.2) is 22.7 Å². The molecule has 0 radical (unpaired) electrons. The van der Waals surface area contributed by atoms with E-state index in [1.165, 1.54) is 0 Å². The lowest BCUT2D eigenvalue weighted by molar-refractivity contribution is 0.273. The van der Waals surface area contributed by atoms with Gasteiger partial charge in [0.25, 0.3) is 0 Å². The Bertz CT molecular complexity index is 247. The van der Waals surface area contributed by atoms with E-state index in [0.29, 0.717) is 11.4 Å². The third kappa shape index (κ3) is 2.11. The SMILES string of the molecule is Nc1cccc(Br)c1OCCF. The fourth-order valence-corrected chi connectivity index (χ4v) is 1.31. The van der Waals surface area contributed by atoms with Gasteiger partial charge in [0.1, 0.15) is 13.3 Å². The van der Waals surface area contributed by atoms with Crippen LogP contribution in [-0.2, 0) is 0 Å². The van der Waals surface area contributed by atoms with Gasteiger partial charge in [-0.2, -0.15) is 0 Å². The Morgan fingerprint density at radius 1 is 1.50 bits per heavy atom. The zero-order valence-corrected chi connectivity index (χ0v) is 7.97. The minimum atomic E-state index is -0.513. The number of ether oxygens (including phenoxy) is 1. The van der Waals surface area contributed by atoms with Crippen molar-refractivity contribution in [2.24, 2.45) is 0 Å². The van der Waals surface area contributed by atoms with Crippen LogP contribution in [-0.4, -0.2) is 13.3 Å². The van der Waals surface area contributed by atoms with E-state index in [4.69, 9.17) is 10.5 Å². The first kappa shape index (κ1) is 9.32. The molecule has 0 amide bonds. The van der Waals surface area contributed by atoms with Crippen molar-refractivity contribution in [1.82, 2.24) is 0 Å². The van der Waals surface area contributed by atoms with Crippen LogP contribution >= 0.6 is 15.9 Å². The third-order valence-electron chi connectivity index (χ3n) is 1.32. The molecule has 0 fully saturated rings. The van der Waals surface area contributed by atoms with Gasteiger partial charge in [-0.1, -0.05) is 6.07 Å². The van der Waals surface area contributed by atoms with Crippen LogP contribution in [0.3, 0.4) is 0 Å². The second kappa shape index (κ2) is 4.30. The first-order valence-corrected chi connectivity index (χ1v) is 4.27. The number of nitrogens with two attached hydrogens (primary N) is 1. The molecule has 2 N–H and O–H groups in total. The molecule has 1 aromatic carbocycles. The number of nitrogen functional groups attached to an aromatic ring is 1. The fraction of sp³-hybridized carbons (Fsp3) is 0.250. The summed E-state index contributed by atoms with van der Waals surface area (Å²) in [5.41, 5.74) is 6.10. The number of anilines is 1. The summed E-state index contributed by atoms with van der Waals surface area (Å²) in [7, 11) is 0. The molecule has 0 aliphatic rings. The lowest BCUT2D eigenvalue weighted by Gasteiger charge is -2.08. The molecule has 4 heteroatoms. The number of hydrogen-bond donors (Lipinski definition) is 1. The maximum Gasteiger partial charge on any atom is 0.156 e. The van der Waals surface area contributed by atoms with E-state index in [0.717, 1.165) is 4.47 Å². The van der Waals surface area contributed by atoms with Crippen LogP contribution in [0.2, 0.25) is 0 Å². The molecule has 0 aliphatic heterocycles. The van der Waals surface area contributed by atoms with Gasteiger partial charge in [0.2, 0.25) is 0 Å². The Morgan fingerprint density at radius 2 is 2.25 bits per heavy atom. The Morgan fingerprint density at radius 3 is 2.83 bits per heavy atom. The van der Waals surface area contributed by atoms with E-state index in [1.807, 2.05) is 0 Å². The van der Waals surface area contributed by atoms with E-state index >= 15 is 0 Å². The molecule has 1 rings (SSSR count). The molecular weight excluding hydrogens is 225 g/mol. The fourth-order valence-electron chi connectivity index (χ4n) is 0.818. The second-order valence-electron chi connectivity index (χ2n) is 2.20. The zero-order valence-electron chi connectivity index (χ0n) is 6.39. The molecule has 0 unspecified atom stereocenters.